The molecule has 3 aromatic carbocycles. The first-order chi connectivity index (χ1) is 13.0. The van der Waals surface area contributed by atoms with Gasteiger partial charge in [0.25, 0.3) is 0 Å². The molecule has 0 unspecified atom stereocenters. The van der Waals surface area contributed by atoms with Crippen LogP contribution in [0.3, 0.4) is 0 Å². The molecule has 0 N–H and O–H groups in total. The van der Waals surface area contributed by atoms with Gasteiger partial charge in [-0.05, 0) is 42.3 Å². The van der Waals surface area contributed by atoms with Gasteiger partial charge in [0.15, 0.2) is 0 Å². The number of carbonyl (C=O) groups is 2. The van der Waals surface area contributed by atoms with Crippen molar-refractivity contribution in [3.05, 3.63) is 89.5 Å². The predicted molar refractivity (Wildman–Crippen MR) is 106 cm³/mol. The number of aryl methyl sites for hydroxylation is 1. The van der Waals surface area contributed by atoms with E-state index < -0.39 is 11.9 Å². The highest BCUT2D eigenvalue weighted by Gasteiger charge is 2.23. The fourth-order valence-corrected chi connectivity index (χ4v) is 3.06. The highest BCUT2D eigenvalue weighted by atomic mass is 16.5. The van der Waals surface area contributed by atoms with Crippen LogP contribution in [0.15, 0.2) is 67.2 Å². The molecule has 3 rings (SSSR count). The second kappa shape index (κ2) is 7.87. The predicted octanol–water partition coefficient (Wildman–Crippen LogP) is 5.15. The minimum atomic E-state index is -0.525. The third-order valence-electron chi connectivity index (χ3n) is 4.23. The van der Waals surface area contributed by atoms with E-state index in [0.717, 1.165) is 16.3 Å². The molecule has 27 heavy (non-hydrogen) atoms. The van der Waals surface area contributed by atoms with Crippen LogP contribution in [0.5, 0.6) is 0 Å². The molecule has 0 saturated carbocycles. The summed E-state index contributed by atoms with van der Waals surface area (Å²) in [6.07, 6.45) is 0. The Bertz CT molecular complexity index is 1020. The summed E-state index contributed by atoms with van der Waals surface area (Å²) in [5.41, 5.74) is 2.03. The van der Waals surface area contributed by atoms with Crippen molar-refractivity contribution in [2.75, 3.05) is 6.61 Å². The maximum absolute atomic E-state index is 12.7. The van der Waals surface area contributed by atoms with E-state index in [1.165, 1.54) is 0 Å². The Labute approximate surface area is 158 Å². The van der Waals surface area contributed by atoms with Crippen molar-refractivity contribution >= 4 is 28.5 Å². The van der Waals surface area contributed by atoms with Gasteiger partial charge >= 0.3 is 11.9 Å². The first-order valence-electron chi connectivity index (χ1n) is 8.69. The maximum Gasteiger partial charge on any atom is 0.343 e. The molecule has 0 bridgehead atoms. The Kier molecular flexibility index (Phi) is 5.36. The summed E-state index contributed by atoms with van der Waals surface area (Å²) in [7, 11) is 0. The van der Waals surface area contributed by atoms with Gasteiger partial charge in [-0.1, -0.05) is 55.1 Å². The molecule has 0 aliphatic rings. The second-order valence-electron chi connectivity index (χ2n) is 6.06. The summed E-state index contributed by atoms with van der Waals surface area (Å²) in [6.45, 7) is 7.76. The molecular formula is C23H20O4. The van der Waals surface area contributed by atoms with E-state index in [4.69, 9.17) is 9.47 Å². The second-order valence-corrected chi connectivity index (χ2v) is 6.06. The van der Waals surface area contributed by atoms with Crippen LogP contribution in [0.2, 0.25) is 0 Å². The third kappa shape index (κ3) is 3.75. The van der Waals surface area contributed by atoms with E-state index in [9.17, 15) is 9.59 Å². The first-order valence-corrected chi connectivity index (χ1v) is 8.69. The molecule has 4 heteroatoms. The summed E-state index contributed by atoms with van der Waals surface area (Å²) in [6, 6.07) is 18.1. The number of ether oxygens (including phenoxy) is 2. The lowest BCUT2D eigenvalue weighted by molar-refractivity contribution is 0.0525. The molecule has 0 amide bonds. The molecule has 0 fully saturated rings. The van der Waals surface area contributed by atoms with Crippen LogP contribution in [0.1, 0.15) is 38.8 Å². The van der Waals surface area contributed by atoms with Gasteiger partial charge in [-0.25, -0.2) is 9.59 Å². The van der Waals surface area contributed by atoms with Gasteiger partial charge in [-0.2, -0.15) is 0 Å². The van der Waals surface area contributed by atoms with Crippen LogP contribution in [0.4, 0.5) is 0 Å². The smallest absolute Gasteiger partial charge is 0.343 e. The summed E-state index contributed by atoms with van der Waals surface area (Å²) in [4.78, 5) is 25.1. The zero-order valence-corrected chi connectivity index (χ0v) is 15.3. The number of fused-ring (bicyclic) bond motifs is 1. The number of carbonyl (C=O) groups excluding carboxylic acids is 2. The van der Waals surface area contributed by atoms with Crippen LogP contribution in [-0.2, 0) is 9.47 Å². The lowest BCUT2D eigenvalue weighted by Crippen LogP contribution is -2.12. The highest BCUT2D eigenvalue weighted by molar-refractivity contribution is 6.09. The van der Waals surface area contributed by atoms with E-state index in [1.807, 2.05) is 43.3 Å². The molecule has 0 radical (unpaired) electrons. The monoisotopic (exact) mass is 360 g/mol. The molecule has 0 spiro atoms. The van der Waals surface area contributed by atoms with Crippen LogP contribution in [-0.4, -0.2) is 18.5 Å². The van der Waals surface area contributed by atoms with Crippen LogP contribution < -0.4 is 0 Å². The van der Waals surface area contributed by atoms with Crippen molar-refractivity contribution < 1.29 is 19.1 Å². The number of rotatable bonds is 5. The summed E-state index contributed by atoms with van der Waals surface area (Å²) >= 11 is 0. The largest absolute Gasteiger partial charge is 0.462 e. The first kappa shape index (κ1) is 18.4. The molecule has 0 aromatic heterocycles. The molecular weight excluding hydrogens is 340 g/mol. The number of benzene rings is 3. The fraction of sp³-hybridized carbons (Fsp3) is 0.130. The van der Waals surface area contributed by atoms with Crippen molar-refractivity contribution in [2.24, 2.45) is 0 Å². The van der Waals surface area contributed by atoms with Gasteiger partial charge < -0.3 is 9.47 Å². The molecule has 0 aliphatic carbocycles. The number of hydrogen-bond acceptors (Lipinski definition) is 4. The molecule has 0 atom stereocenters. The van der Waals surface area contributed by atoms with Gasteiger partial charge in [-0.3, -0.25) is 0 Å². The maximum atomic E-state index is 12.7. The fourth-order valence-electron chi connectivity index (χ4n) is 3.06. The SMILES string of the molecule is C=C(OC(=O)c1ccccc1)c1c(C)cc2ccccc2c1C(=O)OCC. The summed E-state index contributed by atoms with van der Waals surface area (Å²) in [5, 5.41) is 1.64. The van der Waals surface area contributed by atoms with E-state index in [2.05, 4.69) is 6.58 Å². The molecule has 0 aliphatic heterocycles. The van der Waals surface area contributed by atoms with Crippen molar-refractivity contribution in [2.45, 2.75) is 13.8 Å². The van der Waals surface area contributed by atoms with Crippen molar-refractivity contribution in [1.82, 2.24) is 0 Å². The van der Waals surface area contributed by atoms with E-state index in [0.29, 0.717) is 16.7 Å². The Hall–Kier alpha value is -3.40. The Morgan fingerprint density at radius 1 is 0.926 bits per heavy atom. The van der Waals surface area contributed by atoms with Crippen LogP contribution >= 0.6 is 0 Å². The third-order valence-corrected chi connectivity index (χ3v) is 4.23. The van der Waals surface area contributed by atoms with Gasteiger partial charge in [0.05, 0.1) is 17.7 Å². The van der Waals surface area contributed by atoms with Gasteiger partial charge in [-0.15, -0.1) is 0 Å². The standard InChI is InChI=1S/C23H20O4/c1-4-26-23(25)21-19-13-9-8-12-18(19)14-15(2)20(21)16(3)27-22(24)17-10-6-5-7-11-17/h5-14H,3-4H2,1-2H3. The Balaban J connectivity index is 2.08. The zero-order chi connectivity index (χ0) is 19.4. The summed E-state index contributed by atoms with van der Waals surface area (Å²) in [5.74, 6) is -0.873. The lowest BCUT2D eigenvalue weighted by Gasteiger charge is -2.17. The van der Waals surface area contributed by atoms with E-state index >= 15 is 0 Å². The van der Waals surface area contributed by atoms with Crippen molar-refractivity contribution in [3.63, 3.8) is 0 Å². The summed E-state index contributed by atoms with van der Waals surface area (Å²) < 4.78 is 10.7. The van der Waals surface area contributed by atoms with E-state index in [1.54, 1.807) is 31.2 Å². The molecule has 4 nitrogen and oxygen atoms in total. The van der Waals surface area contributed by atoms with Gasteiger partial charge in [0.1, 0.15) is 5.76 Å². The number of hydrogen-bond donors (Lipinski definition) is 0. The van der Waals surface area contributed by atoms with Crippen molar-refractivity contribution in [1.29, 1.82) is 0 Å². The van der Waals surface area contributed by atoms with Gasteiger partial charge in [0.2, 0.25) is 0 Å². The minimum absolute atomic E-state index is 0.121. The van der Waals surface area contributed by atoms with Crippen molar-refractivity contribution in [3.8, 4) is 0 Å². The topological polar surface area (TPSA) is 52.6 Å². The van der Waals surface area contributed by atoms with Crippen LogP contribution in [0.25, 0.3) is 16.5 Å². The molecule has 0 saturated heterocycles. The lowest BCUT2D eigenvalue weighted by atomic mass is 9.93. The quantitative estimate of drug-likeness (QED) is 0.466. The normalized spacial score (nSPS) is 10.4. The van der Waals surface area contributed by atoms with E-state index in [-0.39, 0.29) is 12.4 Å². The molecule has 0 heterocycles. The van der Waals surface area contributed by atoms with Gasteiger partial charge in [0, 0.05) is 5.56 Å². The number of esters is 2. The average molecular weight is 360 g/mol. The molecule has 136 valence electrons. The zero-order valence-electron chi connectivity index (χ0n) is 15.3. The minimum Gasteiger partial charge on any atom is -0.462 e. The average Bonchev–Trinajstić information content (AvgIpc) is 2.67. The molecule has 3 aromatic rings. The Morgan fingerprint density at radius 3 is 2.30 bits per heavy atom. The highest BCUT2D eigenvalue weighted by Crippen LogP contribution is 2.32. The Morgan fingerprint density at radius 2 is 1.59 bits per heavy atom. The van der Waals surface area contributed by atoms with Crippen LogP contribution in [0, 0.1) is 6.92 Å².